The number of nitrogens with one attached hydrogen (secondary N) is 1. The van der Waals surface area contributed by atoms with Gasteiger partial charge in [0.25, 0.3) is 5.91 Å². The van der Waals surface area contributed by atoms with Crippen molar-refractivity contribution in [2.24, 2.45) is 5.10 Å². The minimum atomic E-state index is -0.275. The Balaban J connectivity index is 1.92. The number of ether oxygens (including phenoxy) is 1. The normalized spacial score (nSPS) is 16.0. The van der Waals surface area contributed by atoms with Crippen LogP contribution in [0.1, 0.15) is 38.2 Å². The lowest BCUT2D eigenvalue weighted by Gasteiger charge is -2.19. The van der Waals surface area contributed by atoms with E-state index in [-0.39, 0.29) is 18.4 Å². The third kappa shape index (κ3) is 5.09. The predicted molar refractivity (Wildman–Crippen MR) is 88.4 cm³/mol. The van der Waals surface area contributed by atoms with Crippen molar-refractivity contribution in [2.75, 3.05) is 20.2 Å². The number of methoxy groups -OCH3 is 1. The highest BCUT2D eigenvalue weighted by atomic mass is 16.5. The fourth-order valence-corrected chi connectivity index (χ4v) is 2.47. The van der Waals surface area contributed by atoms with Gasteiger partial charge in [0.15, 0.2) is 0 Å². The van der Waals surface area contributed by atoms with E-state index < -0.39 is 0 Å². The number of hydrazone groups is 1. The standard InChI is InChI=1S/C17H23N3O3/c1-13(14-7-6-8-15(11-14)23-2)18-19-16(21)12-20-10-5-3-4-9-17(20)22/h6-8,11H,3-5,9-10,12H2,1-2H3,(H,19,21)/b18-13-. The fourth-order valence-electron chi connectivity index (χ4n) is 2.47. The van der Waals surface area contributed by atoms with Crippen molar-refractivity contribution in [1.82, 2.24) is 10.3 Å². The summed E-state index contributed by atoms with van der Waals surface area (Å²) in [6, 6.07) is 7.46. The first-order valence-electron chi connectivity index (χ1n) is 7.85. The van der Waals surface area contributed by atoms with Gasteiger partial charge in [0.1, 0.15) is 12.3 Å². The number of hydrogen-bond donors (Lipinski definition) is 1. The summed E-state index contributed by atoms with van der Waals surface area (Å²) in [5, 5.41) is 4.11. The molecular weight excluding hydrogens is 294 g/mol. The van der Waals surface area contributed by atoms with Crippen LogP contribution in [-0.2, 0) is 9.59 Å². The molecule has 1 N–H and O–H groups in total. The molecule has 0 aromatic heterocycles. The number of benzene rings is 1. The van der Waals surface area contributed by atoms with Crippen molar-refractivity contribution >= 4 is 17.5 Å². The third-order valence-electron chi connectivity index (χ3n) is 3.84. The zero-order chi connectivity index (χ0) is 16.7. The molecule has 0 saturated carbocycles. The average molecular weight is 317 g/mol. The van der Waals surface area contributed by atoms with E-state index in [1.54, 1.807) is 12.0 Å². The summed E-state index contributed by atoms with van der Waals surface area (Å²) in [6.07, 6.45) is 3.42. The molecule has 0 atom stereocenters. The molecule has 0 bridgehead atoms. The van der Waals surface area contributed by atoms with Gasteiger partial charge in [-0.2, -0.15) is 5.10 Å². The van der Waals surface area contributed by atoms with Crippen LogP contribution in [0.15, 0.2) is 29.4 Å². The monoisotopic (exact) mass is 317 g/mol. The molecule has 23 heavy (non-hydrogen) atoms. The first-order chi connectivity index (χ1) is 11.1. The first kappa shape index (κ1) is 17.0. The van der Waals surface area contributed by atoms with E-state index in [9.17, 15) is 9.59 Å². The number of rotatable bonds is 5. The summed E-state index contributed by atoms with van der Waals surface area (Å²) >= 11 is 0. The lowest BCUT2D eigenvalue weighted by Crippen LogP contribution is -2.39. The van der Waals surface area contributed by atoms with E-state index >= 15 is 0 Å². The van der Waals surface area contributed by atoms with Crippen molar-refractivity contribution in [3.8, 4) is 5.75 Å². The maximum atomic E-state index is 12.0. The Morgan fingerprint density at radius 1 is 1.35 bits per heavy atom. The van der Waals surface area contributed by atoms with E-state index in [1.165, 1.54) is 0 Å². The van der Waals surface area contributed by atoms with Crippen LogP contribution in [-0.4, -0.2) is 42.6 Å². The minimum Gasteiger partial charge on any atom is -0.497 e. The largest absolute Gasteiger partial charge is 0.497 e. The van der Waals surface area contributed by atoms with Crippen molar-refractivity contribution in [1.29, 1.82) is 0 Å². The molecular formula is C17H23N3O3. The van der Waals surface area contributed by atoms with Crippen molar-refractivity contribution in [2.45, 2.75) is 32.6 Å². The van der Waals surface area contributed by atoms with Gasteiger partial charge in [0.05, 0.1) is 12.8 Å². The number of likely N-dealkylation sites (tertiary alicyclic amines) is 1. The number of nitrogens with zero attached hydrogens (tertiary/aromatic N) is 2. The van der Waals surface area contributed by atoms with Gasteiger partial charge in [-0.1, -0.05) is 18.6 Å². The minimum absolute atomic E-state index is 0.0474. The van der Waals surface area contributed by atoms with Gasteiger partial charge in [0.2, 0.25) is 5.91 Å². The molecule has 124 valence electrons. The SMILES string of the molecule is COc1cccc(/C(C)=N\NC(=O)CN2CCCCCC2=O)c1. The second-order valence-corrected chi connectivity index (χ2v) is 5.59. The first-order valence-corrected chi connectivity index (χ1v) is 7.85. The lowest BCUT2D eigenvalue weighted by atomic mass is 10.1. The predicted octanol–water partition coefficient (Wildman–Crippen LogP) is 1.94. The summed E-state index contributed by atoms with van der Waals surface area (Å²) in [4.78, 5) is 25.5. The van der Waals surface area contributed by atoms with Gasteiger partial charge < -0.3 is 9.64 Å². The lowest BCUT2D eigenvalue weighted by molar-refractivity contribution is -0.135. The van der Waals surface area contributed by atoms with Crippen LogP contribution in [0.3, 0.4) is 0 Å². The van der Waals surface area contributed by atoms with Crippen LogP contribution in [0.25, 0.3) is 0 Å². The molecule has 1 aromatic rings. The van der Waals surface area contributed by atoms with Crippen LogP contribution < -0.4 is 10.2 Å². The van der Waals surface area contributed by atoms with E-state index in [0.29, 0.717) is 18.7 Å². The molecule has 0 aliphatic carbocycles. The van der Waals surface area contributed by atoms with Gasteiger partial charge in [-0.15, -0.1) is 0 Å². The van der Waals surface area contributed by atoms with Crippen LogP contribution in [0.4, 0.5) is 0 Å². The number of hydrogen-bond acceptors (Lipinski definition) is 4. The zero-order valence-electron chi connectivity index (χ0n) is 13.7. The molecule has 0 unspecified atom stereocenters. The summed E-state index contributed by atoms with van der Waals surface area (Å²) < 4.78 is 5.17. The quantitative estimate of drug-likeness (QED) is 0.666. The van der Waals surface area contributed by atoms with E-state index in [4.69, 9.17) is 4.74 Å². The van der Waals surface area contributed by atoms with Crippen LogP contribution in [0, 0.1) is 0 Å². The Bertz CT molecular complexity index is 599. The van der Waals surface area contributed by atoms with Crippen LogP contribution in [0.5, 0.6) is 5.75 Å². The molecule has 0 spiro atoms. The summed E-state index contributed by atoms with van der Waals surface area (Å²) in [5.41, 5.74) is 4.07. The third-order valence-corrected chi connectivity index (χ3v) is 3.84. The van der Waals surface area contributed by atoms with Crippen molar-refractivity contribution in [3.63, 3.8) is 0 Å². The highest BCUT2D eigenvalue weighted by Gasteiger charge is 2.18. The molecule has 6 nitrogen and oxygen atoms in total. The Morgan fingerprint density at radius 3 is 2.96 bits per heavy atom. The van der Waals surface area contributed by atoms with Crippen molar-refractivity contribution < 1.29 is 14.3 Å². The van der Waals surface area contributed by atoms with E-state index in [1.807, 2.05) is 31.2 Å². The molecule has 1 aromatic carbocycles. The molecule has 2 amide bonds. The Labute approximate surface area is 136 Å². The summed E-state index contributed by atoms with van der Waals surface area (Å²) in [6.45, 7) is 2.52. The molecule has 1 aliphatic rings. The average Bonchev–Trinajstić information content (AvgIpc) is 2.77. The Morgan fingerprint density at radius 2 is 2.17 bits per heavy atom. The van der Waals surface area contributed by atoms with Gasteiger partial charge >= 0.3 is 0 Å². The Kier molecular flexibility index (Phi) is 6.14. The van der Waals surface area contributed by atoms with Gasteiger partial charge in [0, 0.05) is 18.5 Å². The van der Waals surface area contributed by atoms with Gasteiger partial charge in [-0.05, 0) is 31.9 Å². The second kappa shape index (κ2) is 8.31. The second-order valence-electron chi connectivity index (χ2n) is 5.59. The maximum Gasteiger partial charge on any atom is 0.259 e. The van der Waals surface area contributed by atoms with E-state index in [2.05, 4.69) is 10.5 Å². The molecule has 2 rings (SSSR count). The zero-order valence-corrected chi connectivity index (χ0v) is 13.7. The maximum absolute atomic E-state index is 12.0. The highest BCUT2D eigenvalue weighted by Crippen LogP contribution is 2.13. The summed E-state index contributed by atoms with van der Waals surface area (Å²) in [5.74, 6) is 0.507. The number of carbonyl (C=O) groups is 2. The molecule has 0 radical (unpaired) electrons. The fraction of sp³-hybridized carbons (Fsp3) is 0.471. The smallest absolute Gasteiger partial charge is 0.259 e. The molecule has 6 heteroatoms. The van der Waals surface area contributed by atoms with Crippen LogP contribution in [0.2, 0.25) is 0 Å². The molecule has 1 fully saturated rings. The number of amides is 2. The molecule has 1 heterocycles. The van der Waals surface area contributed by atoms with Crippen LogP contribution >= 0.6 is 0 Å². The molecule has 1 aliphatic heterocycles. The van der Waals surface area contributed by atoms with Crippen molar-refractivity contribution in [3.05, 3.63) is 29.8 Å². The molecule has 1 saturated heterocycles. The summed E-state index contributed by atoms with van der Waals surface area (Å²) in [7, 11) is 1.60. The van der Waals surface area contributed by atoms with Gasteiger partial charge in [-0.3, -0.25) is 9.59 Å². The number of carbonyl (C=O) groups excluding carboxylic acids is 2. The van der Waals surface area contributed by atoms with Gasteiger partial charge in [-0.25, -0.2) is 5.43 Å². The highest BCUT2D eigenvalue weighted by molar-refractivity contribution is 5.99. The van der Waals surface area contributed by atoms with E-state index in [0.717, 1.165) is 30.6 Å². The Hall–Kier alpha value is -2.37. The topological polar surface area (TPSA) is 71.0 Å².